The van der Waals surface area contributed by atoms with Crippen LogP contribution >= 0.6 is 0 Å². The van der Waals surface area contributed by atoms with E-state index in [4.69, 9.17) is 19.9 Å². The average Bonchev–Trinajstić information content (AvgIpc) is 3.28. The number of rotatable bonds is 5. The first-order valence-electron chi connectivity index (χ1n) is 18.6. The Morgan fingerprint density at radius 3 is 1.41 bits per heavy atom. The van der Waals surface area contributed by atoms with Crippen molar-refractivity contribution in [1.82, 2.24) is 29.9 Å². The molecule has 0 N–H and O–H groups in total. The minimum atomic E-state index is 0.796. The molecule has 6 nitrogen and oxygen atoms in total. The molecule has 6 heteroatoms. The smallest absolute Gasteiger partial charge is 0.116 e. The van der Waals surface area contributed by atoms with Gasteiger partial charge in [-0.05, 0) is 76.5 Å². The van der Waals surface area contributed by atoms with Crippen LogP contribution < -0.4 is 0 Å². The molecule has 260 valence electrons. The van der Waals surface area contributed by atoms with Crippen molar-refractivity contribution in [2.75, 3.05) is 0 Å². The molecule has 0 aliphatic carbocycles. The highest BCUT2D eigenvalue weighted by Gasteiger charge is 2.11. The molecule has 56 heavy (non-hydrogen) atoms. The zero-order valence-corrected chi connectivity index (χ0v) is 30.0. The van der Waals surface area contributed by atoms with Gasteiger partial charge in [0.15, 0.2) is 0 Å². The summed E-state index contributed by atoms with van der Waals surface area (Å²) in [6.45, 7) is 0. The van der Waals surface area contributed by atoms with Crippen LogP contribution in [-0.4, -0.2) is 29.9 Å². The van der Waals surface area contributed by atoms with Gasteiger partial charge >= 0.3 is 0 Å². The number of hydrogen-bond donors (Lipinski definition) is 0. The maximum absolute atomic E-state index is 5.19. The molecule has 0 radical (unpaired) electrons. The minimum absolute atomic E-state index is 0.796. The van der Waals surface area contributed by atoms with Crippen molar-refractivity contribution in [3.63, 3.8) is 0 Å². The molecule has 0 aliphatic rings. The topological polar surface area (TPSA) is 77.3 Å². The zero-order valence-electron chi connectivity index (χ0n) is 30.0. The number of hydrogen-bond acceptors (Lipinski definition) is 6. The van der Waals surface area contributed by atoms with Gasteiger partial charge in [0.2, 0.25) is 0 Å². The third-order valence-corrected chi connectivity index (χ3v) is 10.6. The van der Waals surface area contributed by atoms with E-state index in [9.17, 15) is 0 Å². The highest BCUT2D eigenvalue weighted by molar-refractivity contribution is 6.04. The van der Waals surface area contributed by atoms with Crippen molar-refractivity contribution in [2.24, 2.45) is 0 Å². The molecule has 0 aliphatic heterocycles. The summed E-state index contributed by atoms with van der Waals surface area (Å²) in [7, 11) is 0. The number of aromatic nitrogens is 6. The van der Waals surface area contributed by atoms with Gasteiger partial charge in [-0.1, -0.05) is 115 Å². The lowest BCUT2D eigenvalue weighted by molar-refractivity contribution is 1.16. The summed E-state index contributed by atoms with van der Waals surface area (Å²) < 4.78 is 0. The molecular formula is C50H30N6. The van der Waals surface area contributed by atoms with Crippen LogP contribution in [0.2, 0.25) is 0 Å². The predicted octanol–water partition coefficient (Wildman–Crippen LogP) is 12.2. The van der Waals surface area contributed by atoms with Crippen LogP contribution in [0.4, 0.5) is 0 Å². The summed E-state index contributed by atoms with van der Waals surface area (Å²) in [4.78, 5) is 28.7. The second kappa shape index (κ2) is 13.0. The van der Waals surface area contributed by atoms with E-state index in [1.807, 2.05) is 30.3 Å². The van der Waals surface area contributed by atoms with Gasteiger partial charge in [-0.3, -0.25) is 0 Å². The van der Waals surface area contributed by atoms with Crippen molar-refractivity contribution in [3.8, 4) is 56.3 Å². The Balaban J connectivity index is 0.912. The van der Waals surface area contributed by atoms with Gasteiger partial charge in [-0.15, -0.1) is 0 Å². The molecule has 0 saturated heterocycles. The Labute approximate surface area is 321 Å². The van der Waals surface area contributed by atoms with Gasteiger partial charge in [0.05, 0.1) is 50.5 Å². The Bertz CT molecular complexity index is 3310. The van der Waals surface area contributed by atoms with Crippen molar-refractivity contribution in [1.29, 1.82) is 0 Å². The molecule has 0 saturated carbocycles. The van der Waals surface area contributed by atoms with Crippen molar-refractivity contribution < 1.29 is 0 Å². The molecule has 0 atom stereocenters. The second-order valence-corrected chi connectivity index (χ2v) is 14.0. The lowest BCUT2D eigenvalue weighted by Gasteiger charge is -2.10. The lowest BCUT2D eigenvalue weighted by Crippen LogP contribution is -1.91. The molecule has 0 spiro atoms. The third kappa shape index (κ3) is 5.68. The van der Waals surface area contributed by atoms with E-state index in [0.29, 0.717) is 0 Å². The summed E-state index contributed by atoms with van der Waals surface area (Å²) in [5.74, 6) is 0. The Hall–Kier alpha value is -7.70. The number of pyridine rings is 4. The molecule has 11 aromatic rings. The van der Waals surface area contributed by atoms with Crippen LogP contribution in [0.15, 0.2) is 182 Å². The van der Waals surface area contributed by atoms with Gasteiger partial charge in [-0.25, -0.2) is 29.9 Å². The van der Waals surface area contributed by atoms with E-state index in [1.165, 1.54) is 5.39 Å². The van der Waals surface area contributed by atoms with Gasteiger partial charge < -0.3 is 0 Å². The Morgan fingerprint density at radius 1 is 0.286 bits per heavy atom. The Morgan fingerprint density at radius 2 is 0.750 bits per heavy atom. The average molecular weight is 715 g/mol. The van der Waals surface area contributed by atoms with E-state index in [0.717, 1.165) is 105 Å². The summed E-state index contributed by atoms with van der Waals surface area (Å²) in [5, 5.41) is 6.63. The van der Waals surface area contributed by atoms with Crippen LogP contribution in [0.3, 0.4) is 0 Å². The molecule has 5 heterocycles. The van der Waals surface area contributed by atoms with E-state index in [2.05, 4.69) is 149 Å². The van der Waals surface area contributed by atoms with Crippen molar-refractivity contribution in [2.45, 2.75) is 0 Å². The number of benzene rings is 6. The SMILES string of the molecule is c1ccc(-c2ccc3ccc4ccc(-c5ccc6cc(-c7ccc8ccc(-c9ccc%10ccc(-c%11ccncn%11)nc%10c9)nc8c7)ccc6c5)nc4c3n2)cc1. The van der Waals surface area contributed by atoms with Gasteiger partial charge in [0.1, 0.15) is 6.33 Å². The summed E-state index contributed by atoms with van der Waals surface area (Å²) in [5.41, 5.74) is 13.5. The van der Waals surface area contributed by atoms with Gasteiger partial charge in [0, 0.05) is 44.4 Å². The van der Waals surface area contributed by atoms with E-state index in [-0.39, 0.29) is 0 Å². The monoisotopic (exact) mass is 714 g/mol. The van der Waals surface area contributed by atoms with E-state index >= 15 is 0 Å². The quantitative estimate of drug-likeness (QED) is 0.165. The number of nitrogens with zero attached hydrogens (tertiary/aromatic N) is 6. The largest absolute Gasteiger partial charge is 0.248 e. The third-order valence-electron chi connectivity index (χ3n) is 10.6. The molecule has 0 unspecified atom stereocenters. The normalized spacial score (nSPS) is 11.6. The highest BCUT2D eigenvalue weighted by atomic mass is 14.8. The molecule has 6 aromatic carbocycles. The maximum atomic E-state index is 5.19. The standard InChI is InChI=1S/C50H30N6/c1-2-4-31(5-3-1)42-21-18-34-8-9-35-19-22-44(56-50(35)49(34)55-42)40-15-13-36-26-37(11-12-38(36)27-40)39-10-6-32-16-20-43(53-47(32)28-39)41-14-7-33-17-23-46(54-48(33)29-41)45-24-25-51-30-52-45/h1-30H. The lowest BCUT2D eigenvalue weighted by atomic mass is 9.98. The second-order valence-electron chi connectivity index (χ2n) is 14.0. The minimum Gasteiger partial charge on any atom is -0.248 e. The van der Waals surface area contributed by atoms with Crippen LogP contribution in [0.25, 0.3) is 111 Å². The fourth-order valence-corrected chi connectivity index (χ4v) is 7.60. The van der Waals surface area contributed by atoms with Crippen LogP contribution in [-0.2, 0) is 0 Å². The van der Waals surface area contributed by atoms with Crippen molar-refractivity contribution in [3.05, 3.63) is 182 Å². The van der Waals surface area contributed by atoms with E-state index in [1.54, 1.807) is 12.5 Å². The van der Waals surface area contributed by atoms with Gasteiger partial charge in [-0.2, -0.15) is 0 Å². The maximum Gasteiger partial charge on any atom is 0.116 e. The fourth-order valence-electron chi connectivity index (χ4n) is 7.60. The molecule has 5 aromatic heterocycles. The van der Waals surface area contributed by atoms with Crippen LogP contribution in [0.5, 0.6) is 0 Å². The van der Waals surface area contributed by atoms with Crippen LogP contribution in [0.1, 0.15) is 0 Å². The van der Waals surface area contributed by atoms with Crippen molar-refractivity contribution >= 4 is 54.4 Å². The first-order chi connectivity index (χ1) is 27.7. The highest BCUT2D eigenvalue weighted by Crippen LogP contribution is 2.33. The summed E-state index contributed by atoms with van der Waals surface area (Å²) in [6, 6.07) is 59.2. The predicted molar refractivity (Wildman–Crippen MR) is 228 cm³/mol. The first-order valence-corrected chi connectivity index (χ1v) is 18.6. The van der Waals surface area contributed by atoms with Crippen LogP contribution in [0, 0.1) is 0 Å². The zero-order chi connectivity index (χ0) is 37.0. The summed E-state index contributed by atoms with van der Waals surface area (Å²) >= 11 is 0. The molecule has 11 rings (SSSR count). The molecule has 0 amide bonds. The number of fused-ring (bicyclic) bond motifs is 6. The molecule has 0 bridgehead atoms. The summed E-state index contributed by atoms with van der Waals surface area (Å²) in [6.07, 6.45) is 3.28. The van der Waals surface area contributed by atoms with Gasteiger partial charge in [0.25, 0.3) is 0 Å². The fraction of sp³-hybridized carbons (Fsp3) is 0. The first kappa shape index (κ1) is 31.8. The Kier molecular flexibility index (Phi) is 7.38. The van der Waals surface area contributed by atoms with E-state index < -0.39 is 0 Å². The molecule has 0 fully saturated rings. The molecular weight excluding hydrogens is 685 g/mol.